The molecule has 1 aromatic heterocycles. The van der Waals surface area contributed by atoms with Crippen LogP contribution < -0.4 is 5.73 Å². The largest absolute Gasteiger partial charge is 0.395 e. The van der Waals surface area contributed by atoms with E-state index in [2.05, 4.69) is 0 Å². The second kappa shape index (κ2) is 6.31. The van der Waals surface area contributed by atoms with Crippen molar-refractivity contribution in [2.45, 2.75) is 18.4 Å². The zero-order valence-electron chi connectivity index (χ0n) is 11.2. The maximum absolute atomic E-state index is 13.5. The number of anilines is 1. The van der Waals surface area contributed by atoms with Crippen LogP contribution in [0.25, 0.3) is 0 Å². The zero-order valence-corrected chi connectivity index (χ0v) is 13.6. The quantitative estimate of drug-likeness (QED) is 0.843. The number of halogens is 2. The molecule has 0 aliphatic carbocycles. The van der Waals surface area contributed by atoms with Crippen LogP contribution in [0.3, 0.4) is 0 Å². The Morgan fingerprint density at radius 1 is 1.33 bits per heavy atom. The molecule has 0 atom stereocenters. The van der Waals surface area contributed by atoms with Crippen LogP contribution in [0, 0.1) is 5.82 Å². The van der Waals surface area contributed by atoms with Crippen molar-refractivity contribution in [2.75, 3.05) is 12.3 Å². The fraction of sp³-hybridized carbons (Fsp3) is 0.231. The van der Waals surface area contributed by atoms with Gasteiger partial charge in [0.05, 0.1) is 10.0 Å². The summed E-state index contributed by atoms with van der Waals surface area (Å²) in [7, 11) is -3.86. The number of rotatable bonds is 5. The summed E-state index contributed by atoms with van der Waals surface area (Å²) in [5.41, 5.74) is 5.20. The number of benzene rings is 1. The molecule has 0 unspecified atom stereocenters. The molecular weight excluding hydrogens is 335 g/mol. The normalized spacial score (nSPS) is 12.0. The Kier molecular flexibility index (Phi) is 4.88. The third kappa shape index (κ3) is 3.37. The van der Waals surface area contributed by atoms with Crippen LogP contribution in [0.1, 0.15) is 11.8 Å². The first-order valence-corrected chi connectivity index (χ1v) is 8.78. The number of hydrogen-bond acceptors (Lipinski definition) is 4. The van der Waals surface area contributed by atoms with Crippen molar-refractivity contribution in [1.29, 1.82) is 0 Å². The van der Waals surface area contributed by atoms with Gasteiger partial charge in [-0.05, 0) is 24.3 Å². The smallest absolute Gasteiger partial charge is 0.245 e. The van der Waals surface area contributed by atoms with Gasteiger partial charge in [-0.2, -0.15) is 4.31 Å². The highest BCUT2D eigenvalue weighted by molar-refractivity contribution is 7.89. The van der Waals surface area contributed by atoms with E-state index in [9.17, 15) is 12.8 Å². The Bertz CT molecular complexity index is 746. The molecule has 0 amide bonds. The van der Waals surface area contributed by atoms with Gasteiger partial charge in [0.15, 0.2) is 0 Å². The summed E-state index contributed by atoms with van der Waals surface area (Å²) in [6.45, 7) is 2.13. The van der Waals surface area contributed by atoms with Crippen molar-refractivity contribution in [3.63, 3.8) is 0 Å². The number of hydrogen-bond donors (Lipinski definition) is 1. The lowest BCUT2D eigenvalue weighted by Gasteiger charge is -2.20. The van der Waals surface area contributed by atoms with E-state index in [0.717, 1.165) is 10.9 Å². The Labute approximate surface area is 132 Å². The molecule has 0 radical (unpaired) electrons. The van der Waals surface area contributed by atoms with Gasteiger partial charge in [-0.15, -0.1) is 11.3 Å². The molecule has 2 rings (SSSR count). The number of nitrogen functional groups attached to an aromatic ring is 1. The number of para-hydroxylation sites is 1. The van der Waals surface area contributed by atoms with Crippen molar-refractivity contribution in [2.24, 2.45) is 0 Å². The SMILES string of the molecule is CCN(Cc1ccc(Cl)s1)S(=O)(=O)c1cccc(F)c1N. The first-order chi connectivity index (χ1) is 9.86. The minimum absolute atomic E-state index is 0.173. The second-order valence-electron chi connectivity index (χ2n) is 4.29. The van der Waals surface area contributed by atoms with Crippen molar-refractivity contribution < 1.29 is 12.8 Å². The first-order valence-electron chi connectivity index (χ1n) is 6.14. The zero-order chi connectivity index (χ0) is 15.6. The molecule has 114 valence electrons. The third-order valence-corrected chi connectivity index (χ3v) is 6.14. The van der Waals surface area contributed by atoms with Gasteiger partial charge < -0.3 is 5.73 Å². The minimum atomic E-state index is -3.86. The molecule has 4 nitrogen and oxygen atoms in total. The Morgan fingerprint density at radius 3 is 2.62 bits per heavy atom. The molecule has 0 spiro atoms. The van der Waals surface area contributed by atoms with Crippen LogP contribution in [-0.4, -0.2) is 19.3 Å². The lowest BCUT2D eigenvalue weighted by molar-refractivity contribution is 0.426. The minimum Gasteiger partial charge on any atom is -0.395 e. The molecule has 8 heteroatoms. The van der Waals surface area contributed by atoms with Crippen molar-refractivity contribution >= 4 is 38.6 Å². The standard InChI is InChI=1S/C13H14ClFN2O2S2/c1-2-17(8-9-6-7-12(14)20-9)21(18,19)11-5-3-4-10(15)13(11)16/h3-7H,2,8,16H2,1H3. The van der Waals surface area contributed by atoms with Gasteiger partial charge in [-0.1, -0.05) is 24.6 Å². The molecule has 21 heavy (non-hydrogen) atoms. The summed E-state index contributed by atoms with van der Waals surface area (Å²) in [5.74, 6) is -0.744. The van der Waals surface area contributed by atoms with Gasteiger partial charge in [0, 0.05) is 18.0 Å². The van der Waals surface area contributed by atoms with E-state index in [4.69, 9.17) is 17.3 Å². The van der Waals surface area contributed by atoms with Crippen LogP contribution in [0.4, 0.5) is 10.1 Å². The molecule has 0 fully saturated rings. The van der Waals surface area contributed by atoms with Crippen molar-refractivity contribution in [3.05, 3.63) is 45.4 Å². The van der Waals surface area contributed by atoms with E-state index < -0.39 is 15.8 Å². The average Bonchev–Trinajstić information content (AvgIpc) is 2.84. The highest BCUT2D eigenvalue weighted by Gasteiger charge is 2.26. The monoisotopic (exact) mass is 348 g/mol. The molecule has 0 bridgehead atoms. The predicted octanol–water partition coefficient (Wildman–Crippen LogP) is 3.33. The molecule has 0 saturated carbocycles. The summed E-state index contributed by atoms with van der Waals surface area (Å²) < 4.78 is 40.5. The van der Waals surface area contributed by atoms with E-state index >= 15 is 0 Å². The molecular formula is C13H14ClFN2O2S2. The van der Waals surface area contributed by atoms with Crippen LogP contribution in [0.2, 0.25) is 4.34 Å². The summed E-state index contributed by atoms with van der Waals surface area (Å²) in [4.78, 5) is 0.590. The second-order valence-corrected chi connectivity index (χ2v) is 7.99. The van der Waals surface area contributed by atoms with Crippen molar-refractivity contribution in [3.8, 4) is 0 Å². The molecule has 0 aliphatic heterocycles. The van der Waals surface area contributed by atoms with Crippen LogP contribution in [-0.2, 0) is 16.6 Å². The average molecular weight is 349 g/mol. The number of nitrogens with two attached hydrogens (primary N) is 1. The van der Waals surface area contributed by atoms with E-state index in [1.807, 2.05) is 0 Å². The van der Waals surface area contributed by atoms with Crippen LogP contribution in [0.15, 0.2) is 35.2 Å². The Morgan fingerprint density at radius 2 is 2.05 bits per heavy atom. The Hall–Kier alpha value is -1.15. The van der Waals surface area contributed by atoms with E-state index in [1.54, 1.807) is 19.1 Å². The Balaban J connectivity index is 2.38. The highest BCUT2D eigenvalue weighted by Crippen LogP contribution is 2.28. The third-order valence-electron chi connectivity index (χ3n) is 2.94. The molecule has 1 heterocycles. The molecule has 2 N–H and O–H groups in total. The lowest BCUT2D eigenvalue weighted by atomic mass is 10.3. The van der Waals surface area contributed by atoms with Gasteiger partial charge in [0.25, 0.3) is 0 Å². The first kappa shape index (κ1) is 16.2. The van der Waals surface area contributed by atoms with Gasteiger partial charge in [0.2, 0.25) is 10.0 Å². The van der Waals surface area contributed by atoms with E-state index in [-0.39, 0.29) is 23.7 Å². The van der Waals surface area contributed by atoms with Gasteiger partial charge in [0.1, 0.15) is 10.7 Å². The fourth-order valence-corrected chi connectivity index (χ4v) is 4.60. The maximum Gasteiger partial charge on any atom is 0.245 e. The fourth-order valence-electron chi connectivity index (χ4n) is 1.86. The number of thiophene rings is 1. The van der Waals surface area contributed by atoms with Crippen molar-refractivity contribution in [1.82, 2.24) is 4.31 Å². The topological polar surface area (TPSA) is 63.4 Å². The predicted molar refractivity (Wildman–Crippen MR) is 83.4 cm³/mol. The van der Waals surface area contributed by atoms with E-state index in [0.29, 0.717) is 4.34 Å². The van der Waals surface area contributed by atoms with E-state index in [1.165, 1.54) is 27.8 Å². The van der Waals surface area contributed by atoms with Crippen LogP contribution >= 0.6 is 22.9 Å². The summed E-state index contributed by atoms with van der Waals surface area (Å²) in [5, 5.41) is 0. The van der Waals surface area contributed by atoms with Gasteiger partial charge in [-0.3, -0.25) is 0 Å². The number of nitrogens with zero attached hydrogens (tertiary/aromatic N) is 1. The van der Waals surface area contributed by atoms with Crippen LogP contribution in [0.5, 0.6) is 0 Å². The highest BCUT2D eigenvalue weighted by atomic mass is 35.5. The number of sulfonamides is 1. The summed E-state index contributed by atoms with van der Waals surface area (Å²) >= 11 is 7.15. The van der Waals surface area contributed by atoms with Gasteiger partial charge in [-0.25, -0.2) is 12.8 Å². The summed E-state index contributed by atoms with van der Waals surface area (Å²) in [6.07, 6.45) is 0. The van der Waals surface area contributed by atoms with Gasteiger partial charge >= 0.3 is 0 Å². The molecule has 2 aromatic rings. The molecule has 0 aliphatic rings. The lowest BCUT2D eigenvalue weighted by Crippen LogP contribution is -2.30. The maximum atomic E-state index is 13.5. The molecule has 0 saturated heterocycles. The summed E-state index contributed by atoms with van der Waals surface area (Å²) in [6, 6.07) is 7.23. The molecule has 1 aromatic carbocycles.